The third-order valence-electron chi connectivity index (χ3n) is 6.36. The molecule has 0 bridgehead atoms. The monoisotopic (exact) mass is 602 g/mol. The molecule has 222 valence electrons. The number of carbonyl (C=O) groups is 3. The van der Waals surface area contributed by atoms with Crippen molar-refractivity contribution in [3.63, 3.8) is 0 Å². The smallest absolute Gasteiger partial charge is 0.433 e. The van der Waals surface area contributed by atoms with E-state index in [4.69, 9.17) is 9.47 Å². The molecule has 1 N–H and O–H groups in total. The number of ether oxygens (including phenoxy) is 2. The van der Waals surface area contributed by atoms with E-state index in [9.17, 15) is 27.6 Å². The van der Waals surface area contributed by atoms with E-state index in [1.54, 1.807) is 26.0 Å². The summed E-state index contributed by atoms with van der Waals surface area (Å²) in [6, 6.07) is 7.83. The van der Waals surface area contributed by atoms with Crippen molar-refractivity contribution in [3.8, 4) is 11.3 Å². The molecule has 0 spiro atoms. The SMILES string of the molecule is CCCOC(=O)c1c(NC(=O)c2cnn3c(C(F)(F)F)cc(-c4ccc(C(C)C)cc4)nc23)sc(C(=O)OCC)c1C. The van der Waals surface area contributed by atoms with E-state index in [-0.39, 0.29) is 57.0 Å². The van der Waals surface area contributed by atoms with Crippen molar-refractivity contribution in [2.24, 2.45) is 0 Å². The molecule has 0 atom stereocenters. The van der Waals surface area contributed by atoms with Crippen LogP contribution in [0.4, 0.5) is 18.2 Å². The number of carbonyl (C=O) groups excluding carboxylic acids is 3. The van der Waals surface area contributed by atoms with Crippen LogP contribution in [0.25, 0.3) is 16.9 Å². The minimum absolute atomic E-state index is 0.0000731. The molecule has 0 unspecified atom stereocenters. The maximum absolute atomic E-state index is 14.1. The Kier molecular flexibility index (Phi) is 9.00. The Hall–Kier alpha value is -4.26. The number of hydrogen-bond donors (Lipinski definition) is 1. The van der Waals surface area contributed by atoms with Crippen molar-refractivity contribution in [1.82, 2.24) is 14.6 Å². The minimum Gasteiger partial charge on any atom is -0.462 e. The van der Waals surface area contributed by atoms with Gasteiger partial charge in [0.15, 0.2) is 11.3 Å². The fourth-order valence-corrected chi connectivity index (χ4v) is 5.27. The van der Waals surface area contributed by atoms with Crippen molar-refractivity contribution < 1.29 is 37.0 Å². The molecule has 3 aromatic heterocycles. The van der Waals surface area contributed by atoms with Crippen LogP contribution >= 0.6 is 11.3 Å². The number of esters is 2. The average molecular weight is 603 g/mol. The summed E-state index contributed by atoms with van der Waals surface area (Å²) in [4.78, 5) is 43.3. The third kappa shape index (κ3) is 6.15. The van der Waals surface area contributed by atoms with Gasteiger partial charge >= 0.3 is 18.1 Å². The molecule has 3 heterocycles. The van der Waals surface area contributed by atoms with Gasteiger partial charge in [0.25, 0.3) is 5.91 Å². The van der Waals surface area contributed by atoms with Crippen LogP contribution in [0.1, 0.15) is 87.2 Å². The van der Waals surface area contributed by atoms with Gasteiger partial charge in [-0.25, -0.2) is 19.1 Å². The summed E-state index contributed by atoms with van der Waals surface area (Å²) >= 11 is 0.803. The number of alkyl halides is 3. The molecular formula is C29H29F3N4O5S. The van der Waals surface area contributed by atoms with Gasteiger partial charge in [0.2, 0.25) is 0 Å². The summed E-state index contributed by atoms with van der Waals surface area (Å²) < 4.78 is 53.1. The number of hydrogen-bond acceptors (Lipinski definition) is 8. The van der Waals surface area contributed by atoms with Gasteiger partial charge in [0.05, 0.1) is 30.7 Å². The van der Waals surface area contributed by atoms with Crippen LogP contribution in [0.5, 0.6) is 0 Å². The minimum atomic E-state index is -4.80. The van der Waals surface area contributed by atoms with E-state index in [1.807, 2.05) is 26.0 Å². The van der Waals surface area contributed by atoms with Gasteiger partial charge < -0.3 is 14.8 Å². The van der Waals surface area contributed by atoms with Crippen LogP contribution in [-0.2, 0) is 15.7 Å². The third-order valence-corrected chi connectivity index (χ3v) is 7.54. The largest absolute Gasteiger partial charge is 0.462 e. The van der Waals surface area contributed by atoms with E-state index in [2.05, 4.69) is 15.4 Å². The van der Waals surface area contributed by atoms with E-state index in [0.717, 1.165) is 29.2 Å². The van der Waals surface area contributed by atoms with Gasteiger partial charge in [-0.15, -0.1) is 11.3 Å². The molecule has 0 saturated heterocycles. The number of rotatable bonds is 9. The Morgan fingerprint density at radius 3 is 2.36 bits per heavy atom. The fraction of sp³-hybridized carbons (Fsp3) is 0.345. The number of anilines is 1. The molecule has 42 heavy (non-hydrogen) atoms. The summed E-state index contributed by atoms with van der Waals surface area (Å²) in [5.41, 5.74) is -0.0848. The van der Waals surface area contributed by atoms with Crippen LogP contribution in [-0.4, -0.2) is 45.7 Å². The molecule has 0 radical (unpaired) electrons. The van der Waals surface area contributed by atoms with E-state index < -0.39 is 29.7 Å². The predicted molar refractivity (Wildman–Crippen MR) is 151 cm³/mol. The zero-order chi connectivity index (χ0) is 30.8. The quantitative estimate of drug-likeness (QED) is 0.207. The lowest BCUT2D eigenvalue weighted by Crippen LogP contribution is -2.17. The number of halogens is 3. The lowest BCUT2D eigenvalue weighted by Gasteiger charge is -2.12. The Morgan fingerprint density at radius 2 is 1.76 bits per heavy atom. The highest BCUT2D eigenvalue weighted by molar-refractivity contribution is 7.18. The second-order valence-electron chi connectivity index (χ2n) is 9.67. The van der Waals surface area contributed by atoms with Gasteiger partial charge in [-0.2, -0.15) is 18.3 Å². The first kappa shape index (κ1) is 30.7. The first-order valence-corrected chi connectivity index (χ1v) is 14.0. The number of nitrogens with one attached hydrogen (secondary N) is 1. The van der Waals surface area contributed by atoms with Crippen molar-refractivity contribution >= 4 is 39.8 Å². The number of aromatic nitrogens is 3. The Bertz CT molecular complexity index is 1640. The second kappa shape index (κ2) is 12.3. The standard InChI is InChI=1S/C29H29F3N4O5S/c1-6-12-41-27(38)22-16(5)23(28(39)40-7-2)42-26(22)35-25(37)19-14-33-36-21(29(30,31)32)13-20(34-24(19)36)18-10-8-17(9-11-18)15(3)4/h8-11,13-15H,6-7,12H2,1-5H3,(H,35,37). The molecule has 0 fully saturated rings. The van der Waals surface area contributed by atoms with Gasteiger partial charge in [-0.3, -0.25) is 4.79 Å². The fourth-order valence-electron chi connectivity index (χ4n) is 4.19. The molecule has 4 rings (SSSR count). The number of fused-ring (bicyclic) bond motifs is 1. The Morgan fingerprint density at radius 1 is 1.07 bits per heavy atom. The van der Waals surface area contributed by atoms with Crippen molar-refractivity contribution in [1.29, 1.82) is 0 Å². The summed E-state index contributed by atoms with van der Waals surface area (Å²) in [7, 11) is 0. The van der Waals surface area contributed by atoms with E-state index >= 15 is 0 Å². The van der Waals surface area contributed by atoms with Gasteiger partial charge in [0, 0.05) is 5.56 Å². The van der Waals surface area contributed by atoms with Crippen LogP contribution in [0.2, 0.25) is 0 Å². The maximum atomic E-state index is 14.1. The molecule has 0 aliphatic carbocycles. The molecule has 0 aliphatic heterocycles. The lowest BCUT2D eigenvalue weighted by atomic mass is 10.0. The molecule has 1 amide bonds. The van der Waals surface area contributed by atoms with Crippen molar-refractivity contribution in [3.05, 3.63) is 69.4 Å². The molecule has 0 aliphatic rings. The normalized spacial score (nSPS) is 11.6. The number of amides is 1. The lowest BCUT2D eigenvalue weighted by molar-refractivity contribution is -0.142. The number of nitrogens with zero attached hydrogens (tertiary/aromatic N) is 3. The van der Waals surface area contributed by atoms with Crippen LogP contribution in [0, 0.1) is 6.92 Å². The summed E-state index contributed by atoms with van der Waals surface area (Å²) in [5.74, 6) is -2.11. The predicted octanol–water partition coefficient (Wildman–Crippen LogP) is 6.90. The van der Waals surface area contributed by atoms with Crippen LogP contribution in [0.3, 0.4) is 0 Å². The zero-order valence-corrected chi connectivity index (χ0v) is 24.4. The highest BCUT2D eigenvalue weighted by Crippen LogP contribution is 2.36. The highest BCUT2D eigenvalue weighted by Gasteiger charge is 2.36. The van der Waals surface area contributed by atoms with Crippen molar-refractivity contribution in [2.45, 2.75) is 53.1 Å². The van der Waals surface area contributed by atoms with Gasteiger partial charge in [0.1, 0.15) is 15.4 Å². The van der Waals surface area contributed by atoms with E-state index in [1.165, 1.54) is 6.92 Å². The van der Waals surface area contributed by atoms with Crippen LogP contribution < -0.4 is 5.32 Å². The van der Waals surface area contributed by atoms with Crippen molar-refractivity contribution in [2.75, 3.05) is 18.5 Å². The topological polar surface area (TPSA) is 112 Å². The first-order chi connectivity index (χ1) is 19.9. The Labute approximate surface area is 243 Å². The molecular weight excluding hydrogens is 573 g/mol. The van der Waals surface area contributed by atoms with E-state index in [0.29, 0.717) is 16.5 Å². The van der Waals surface area contributed by atoms with Crippen LogP contribution in [0.15, 0.2) is 36.5 Å². The zero-order valence-electron chi connectivity index (χ0n) is 23.6. The molecule has 9 nitrogen and oxygen atoms in total. The number of benzene rings is 1. The molecule has 4 aromatic rings. The molecule has 0 saturated carbocycles. The average Bonchev–Trinajstić information content (AvgIpc) is 3.51. The van der Waals surface area contributed by atoms with Gasteiger partial charge in [-0.1, -0.05) is 45.0 Å². The molecule has 13 heteroatoms. The highest BCUT2D eigenvalue weighted by atomic mass is 32.1. The van der Waals surface area contributed by atoms with Gasteiger partial charge in [-0.05, 0) is 43.4 Å². The summed E-state index contributed by atoms with van der Waals surface area (Å²) in [6.07, 6.45) is -3.29. The first-order valence-electron chi connectivity index (χ1n) is 13.2. The summed E-state index contributed by atoms with van der Waals surface area (Å²) in [6.45, 7) is 9.14. The molecule has 1 aromatic carbocycles. The number of thiophene rings is 1. The summed E-state index contributed by atoms with van der Waals surface area (Å²) in [5, 5.41) is 6.34. The Balaban J connectivity index is 1.80. The maximum Gasteiger partial charge on any atom is 0.433 e. The second-order valence-corrected chi connectivity index (χ2v) is 10.7.